The summed E-state index contributed by atoms with van der Waals surface area (Å²) in [6, 6.07) is 11.6. The van der Waals surface area contributed by atoms with E-state index >= 15 is 0 Å². The highest BCUT2D eigenvalue weighted by Gasteiger charge is 2.52. The molecular weight excluding hydrogens is 406 g/mol. The second kappa shape index (κ2) is 9.26. The Hall–Kier alpha value is -3.92. The largest absolute Gasteiger partial charge is 0.467 e. The normalized spacial score (nSPS) is 15.1. The lowest BCUT2D eigenvalue weighted by molar-refractivity contribution is -0.153. The third kappa shape index (κ3) is 4.98. The number of barbiturate groups is 1. The van der Waals surface area contributed by atoms with Crippen LogP contribution in [0.1, 0.15) is 23.7 Å². The quantitative estimate of drug-likeness (QED) is 0.406. The molecule has 0 atom stereocenters. The first-order valence-electron chi connectivity index (χ1n) is 9.45. The van der Waals surface area contributed by atoms with Crippen LogP contribution in [-0.2, 0) is 14.3 Å². The Balaban J connectivity index is 1.74. The molecule has 2 aromatic carbocycles. The van der Waals surface area contributed by atoms with Crippen LogP contribution in [0.3, 0.4) is 0 Å². The molecule has 0 radical (unpaired) electrons. The molecule has 1 saturated heterocycles. The molecule has 4 N–H and O–H groups in total. The van der Waals surface area contributed by atoms with Gasteiger partial charge in [-0.25, -0.2) is 4.79 Å². The maximum Gasteiger partial charge on any atom is 0.328 e. The SMILES string of the molecule is CCOCCC1(Oc2ccc(Oc3ccc(C(N)=O)cc3)cc2)C(=O)NC(=O)NC1=O. The van der Waals surface area contributed by atoms with Crippen molar-refractivity contribution in [2.24, 2.45) is 5.73 Å². The van der Waals surface area contributed by atoms with Gasteiger partial charge in [0.2, 0.25) is 5.91 Å². The lowest BCUT2D eigenvalue weighted by atomic mass is 9.95. The molecule has 0 saturated carbocycles. The number of carbonyl (C=O) groups is 4. The van der Waals surface area contributed by atoms with Crippen LogP contribution in [0.15, 0.2) is 48.5 Å². The summed E-state index contributed by atoms with van der Waals surface area (Å²) in [5.74, 6) is -1.12. The van der Waals surface area contributed by atoms with Crippen molar-refractivity contribution in [1.29, 1.82) is 0 Å². The first-order chi connectivity index (χ1) is 14.8. The summed E-state index contributed by atoms with van der Waals surface area (Å²) in [6.45, 7) is 2.25. The average Bonchev–Trinajstić information content (AvgIpc) is 2.73. The molecule has 162 valence electrons. The molecule has 1 aliphatic heterocycles. The molecule has 0 spiro atoms. The third-order valence-electron chi connectivity index (χ3n) is 4.48. The molecule has 10 nitrogen and oxygen atoms in total. The summed E-state index contributed by atoms with van der Waals surface area (Å²) in [5, 5.41) is 4.11. The molecule has 5 amide bonds. The zero-order valence-electron chi connectivity index (χ0n) is 16.7. The zero-order valence-corrected chi connectivity index (χ0v) is 16.7. The fraction of sp³-hybridized carbons (Fsp3) is 0.238. The van der Waals surface area contributed by atoms with Crippen molar-refractivity contribution in [3.05, 3.63) is 54.1 Å². The summed E-state index contributed by atoms with van der Waals surface area (Å²) in [6.07, 6.45) is -0.0871. The van der Waals surface area contributed by atoms with Gasteiger partial charge in [-0.2, -0.15) is 0 Å². The molecule has 0 aliphatic carbocycles. The number of nitrogens with one attached hydrogen (secondary N) is 2. The number of benzene rings is 2. The van der Waals surface area contributed by atoms with Gasteiger partial charge in [-0.05, 0) is 55.5 Å². The Morgan fingerprint density at radius 1 is 0.903 bits per heavy atom. The van der Waals surface area contributed by atoms with Crippen molar-refractivity contribution in [2.75, 3.05) is 13.2 Å². The van der Waals surface area contributed by atoms with Crippen LogP contribution in [0.25, 0.3) is 0 Å². The number of rotatable bonds is 9. The number of hydrogen-bond donors (Lipinski definition) is 3. The van der Waals surface area contributed by atoms with E-state index in [1.165, 1.54) is 12.1 Å². The number of primary amides is 1. The number of nitrogens with two attached hydrogens (primary N) is 1. The van der Waals surface area contributed by atoms with Crippen molar-refractivity contribution in [3.63, 3.8) is 0 Å². The smallest absolute Gasteiger partial charge is 0.328 e. The number of carbonyl (C=O) groups excluding carboxylic acids is 4. The molecular formula is C21H21N3O7. The summed E-state index contributed by atoms with van der Waals surface area (Å²) >= 11 is 0. The molecule has 0 unspecified atom stereocenters. The number of ether oxygens (including phenoxy) is 3. The van der Waals surface area contributed by atoms with Gasteiger partial charge in [-0.1, -0.05) is 0 Å². The summed E-state index contributed by atoms with van der Waals surface area (Å²) in [7, 11) is 0. The zero-order chi connectivity index (χ0) is 22.4. The second-order valence-electron chi connectivity index (χ2n) is 6.58. The number of amides is 5. The van der Waals surface area contributed by atoms with Gasteiger partial charge in [0, 0.05) is 18.6 Å². The Kier molecular flexibility index (Phi) is 6.51. The fourth-order valence-electron chi connectivity index (χ4n) is 2.87. The van der Waals surface area contributed by atoms with Crippen LogP contribution >= 0.6 is 0 Å². The summed E-state index contributed by atoms with van der Waals surface area (Å²) in [4.78, 5) is 47.5. The topological polar surface area (TPSA) is 146 Å². The minimum atomic E-state index is -1.95. The van der Waals surface area contributed by atoms with Gasteiger partial charge in [0.1, 0.15) is 17.2 Å². The van der Waals surface area contributed by atoms with Crippen LogP contribution in [0, 0.1) is 0 Å². The number of imide groups is 2. The van der Waals surface area contributed by atoms with E-state index in [4.69, 9.17) is 19.9 Å². The van der Waals surface area contributed by atoms with Crippen molar-refractivity contribution < 1.29 is 33.4 Å². The summed E-state index contributed by atoms with van der Waals surface area (Å²) < 4.78 is 16.7. The third-order valence-corrected chi connectivity index (χ3v) is 4.48. The van der Waals surface area contributed by atoms with Gasteiger partial charge >= 0.3 is 6.03 Å². The predicted octanol–water partition coefficient (Wildman–Crippen LogP) is 1.49. The Morgan fingerprint density at radius 3 is 1.94 bits per heavy atom. The second-order valence-corrected chi connectivity index (χ2v) is 6.58. The van der Waals surface area contributed by atoms with Gasteiger partial charge in [0.15, 0.2) is 0 Å². The lowest BCUT2D eigenvalue weighted by Crippen LogP contribution is -2.69. The van der Waals surface area contributed by atoms with Crippen LogP contribution in [0.2, 0.25) is 0 Å². The van der Waals surface area contributed by atoms with Crippen molar-refractivity contribution >= 4 is 23.8 Å². The minimum Gasteiger partial charge on any atom is -0.467 e. The van der Waals surface area contributed by atoms with E-state index in [0.29, 0.717) is 23.7 Å². The lowest BCUT2D eigenvalue weighted by Gasteiger charge is -2.34. The van der Waals surface area contributed by atoms with Gasteiger partial charge in [0.25, 0.3) is 17.4 Å². The first-order valence-corrected chi connectivity index (χ1v) is 9.45. The predicted molar refractivity (Wildman–Crippen MR) is 108 cm³/mol. The monoisotopic (exact) mass is 427 g/mol. The van der Waals surface area contributed by atoms with Gasteiger partial charge in [-0.3, -0.25) is 25.0 Å². The van der Waals surface area contributed by atoms with Gasteiger partial charge in [-0.15, -0.1) is 0 Å². The standard InChI is InChI=1S/C21H21N3O7/c1-2-29-12-11-21(18(26)23-20(28)24-19(21)27)31-16-9-7-15(8-10-16)30-14-5-3-13(4-6-14)17(22)25/h3-10H,2,11-12H2,1H3,(H2,22,25)(H2,23,24,26,27,28). The molecule has 1 fully saturated rings. The van der Waals surface area contributed by atoms with E-state index in [0.717, 1.165) is 0 Å². The molecule has 0 aromatic heterocycles. The van der Waals surface area contributed by atoms with E-state index < -0.39 is 29.4 Å². The Morgan fingerprint density at radius 2 is 1.42 bits per heavy atom. The molecule has 0 bridgehead atoms. The van der Waals surface area contributed by atoms with E-state index in [-0.39, 0.29) is 18.8 Å². The van der Waals surface area contributed by atoms with E-state index in [9.17, 15) is 19.2 Å². The van der Waals surface area contributed by atoms with Crippen LogP contribution in [0.4, 0.5) is 4.79 Å². The van der Waals surface area contributed by atoms with Crippen LogP contribution in [0.5, 0.6) is 17.2 Å². The summed E-state index contributed by atoms with van der Waals surface area (Å²) in [5.41, 5.74) is 3.62. The molecule has 10 heteroatoms. The minimum absolute atomic E-state index is 0.0774. The maximum atomic E-state index is 12.5. The maximum absolute atomic E-state index is 12.5. The molecule has 3 rings (SSSR count). The van der Waals surface area contributed by atoms with E-state index in [1.807, 2.05) is 0 Å². The van der Waals surface area contributed by atoms with Crippen molar-refractivity contribution in [2.45, 2.75) is 18.9 Å². The number of hydrogen-bond acceptors (Lipinski definition) is 7. The fourth-order valence-corrected chi connectivity index (χ4v) is 2.87. The van der Waals surface area contributed by atoms with Gasteiger partial charge < -0.3 is 19.9 Å². The Labute approximate surface area is 177 Å². The van der Waals surface area contributed by atoms with Crippen LogP contribution in [-0.4, -0.2) is 42.6 Å². The van der Waals surface area contributed by atoms with Crippen molar-refractivity contribution in [1.82, 2.24) is 10.6 Å². The molecule has 2 aromatic rings. The average molecular weight is 427 g/mol. The highest BCUT2D eigenvalue weighted by Crippen LogP contribution is 2.28. The van der Waals surface area contributed by atoms with E-state index in [1.54, 1.807) is 43.3 Å². The molecule has 1 aliphatic rings. The number of urea groups is 1. The highest BCUT2D eigenvalue weighted by atomic mass is 16.5. The van der Waals surface area contributed by atoms with E-state index in [2.05, 4.69) is 10.6 Å². The van der Waals surface area contributed by atoms with Crippen molar-refractivity contribution in [3.8, 4) is 17.2 Å². The first kappa shape index (κ1) is 21.8. The Bertz CT molecular complexity index is 967. The van der Waals surface area contributed by atoms with Gasteiger partial charge in [0.05, 0.1) is 6.61 Å². The molecule has 31 heavy (non-hydrogen) atoms. The highest BCUT2D eigenvalue weighted by molar-refractivity contribution is 6.21. The van der Waals surface area contributed by atoms with Crippen LogP contribution < -0.4 is 25.8 Å². The molecule has 1 heterocycles.